The van der Waals surface area contributed by atoms with Crippen molar-refractivity contribution in [2.75, 3.05) is 23.3 Å². The van der Waals surface area contributed by atoms with Gasteiger partial charge in [-0.25, -0.2) is 8.42 Å². The molecule has 1 amide bonds. The highest BCUT2D eigenvalue weighted by Crippen LogP contribution is 2.31. The van der Waals surface area contributed by atoms with Crippen molar-refractivity contribution in [2.45, 2.75) is 4.90 Å². The third-order valence-corrected chi connectivity index (χ3v) is 5.14. The summed E-state index contributed by atoms with van der Waals surface area (Å²) in [5.74, 6) is 0.152. The van der Waals surface area contributed by atoms with Crippen LogP contribution in [0.4, 0.5) is 11.4 Å². The summed E-state index contributed by atoms with van der Waals surface area (Å²) < 4.78 is 31.8. The van der Waals surface area contributed by atoms with Crippen LogP contribution >= 0.6 is 0 Å². The molecule has 3 rings (SSSR count). The van der Waals surface area contributed by atoms with E-state index in [0.29, 0.717) is 17.1 Å². The number of benzene rings is 2. The Hall–Kier alpha value is -2.54. The molecule has 7 heteroatoms. The van der Waals surface area contributed by atoms with E-state index in [-0.39, 0.29) is 17.4 Å². The Morgan fingerprint density at radius 3 is 2.59 bits per heavy atom. The first-order valence-corrected chi connectivity index (χ1v) is 8.03. The minimum Gasteiger partial charge on any atom is -0.482 e. The summed E-state index contributed by atoms with van der Waals surface area (Å²) in [6.07, 6.45) is 0. The molecule has 0 atom stereocenters. The summed E-state index contributed by atoms with van der Waals surface area (Å²) in [7, 11) is -2.23. The minimum absolute atomic E-state index is 0.0665. The number of sulfonamides is 1. The lowest BCUT2D eigenvalue weighted by molar-refractivity contribution is -0.118. The van der Waals surface area contributed by atoms with Crippen molar-refractivity contribution < 1.29 is 17.9 Å². The summed E-state index contributed by atoms with van der Waals surface area (Å²) in [5, 5.41) is 2.60. The van der Waals surface area contributed by atoms with Gasteiger partial charge in [-0.1, -0.05) is 18.2 Å². The molecule has 0 aromatic heterocycles. The lowest BCUT2D eigenvalue weighted by Crippen LogP contribution is -2.28. The van der Waals surface area contributed by atoms with E-state index in [9.17, 15) is 13.2 Å². The second kappa shape index (κ2) is 5.34. The normalized spacial score (nSPS) is 13.8. The Kier molecular flexibility index (Phi) is 3.50. The molecule has 0 radical (unpaired) electrons. The van der Waals surface area contributed by atoms with Gasteiger partial charge in [0, 0.05) is 7.05 Å². The number of anilines is 2. The van der Waals surface area contributed by atoms with Crippen LogP contribution in [-0.4, -0.2) is 28.0 Å². The van der Waals surface area contributed by atoms with Gasteiger partial charge in [-0.15, -0.1) is 0 Å². The number of nitrogens with zero attached hydrogens (tertiary/aromatic N) is 1. The summed E-state index contributed by atoms with van der Waals surface area (Å²) in [4.78, 5) is 11.4. The number of nitrogens with one attached hydrogen (secondary N) is 1. The second-order valence-corrected chi connectivity index (χ2v) is 6.77. The molecule has 114 valence electrons. The van der Waals surface area contributed by atoms with Gasteiger partial charge in [0.15, 0.2) is 6.61 Å². The Bertz CT molecular complexity index is 819. The first-order valence-electron chi connectivity index (χ1n) is 6.59. The maximum atomic E-state index is 12.7. The number of carbonyl (C=O) groups is 1. The number of ether oxygens (including phenoxy) is 1. The molecular weight excluding hydrogens is 304 g/mol. The highest BCUT2D eigenvalue weighted by Gasteiger charge is 2.24. The molecule has 0 bridgehead atoms. The Labute approximate surface area is 128 Å². The van der Waals surface area contributed by atoms with Crippen molar-refractivity contribution in [1.29, 1.82) is 0 Å². The van der Waals surface area contributed by atoms with Crippen LogP contribution in [0, 0.1) is 0 Å². The van der Waals surface area contributed by atoms with Gasteiger partial charge in [-0.3, -0.25) is 9.10 Å². The molecule has 6 nitrogen and oxygen atoms in total. The summed E-state index contributed by atoms with van der Waals surface area (Å²) in [5.41, 5.74) is 0.916. The van der Waals surface area contributed by atoms with E-state index in [1.165, 1.54) is 23.5 Å². The Morgan fingerprint density at radius 2 is 1.86 bits per heavy atom. The summed E-state index contributed by atoms with van der Waals surface area (Å²) >= 11 is 0. The third kappa shape index (κ3) is 2.50. The molecule has 2 aromatic carbocycles. The van der Waals surface area contributed by atoms with Gasteiger partial charge in [-0.2, -0.15) is 0 Å². The number of carbonyl (C=O) groups excluding carboxylic acids is 1. The smallest absolute Gasteiger partial charge is 0.264 e. The van der Waals surface area contributed by atoms with E-state index in [0.717, 1.165) is 0 Å². The van der Waals surface area contributed by atoms with Gasteiger partial charge in [-0.05, 0) is 30.3 Å². The first kappa shape index (κ1) is 14.4. The molecule has 1 aliphatic rings. The third-order valence-electron chi connectivity index (χ3n) is 3.36. The van der Waals surface area contributed by atoms with Crippen LogP contribution in [0.3, 0.4) is 0 Å². The molecule has 0 spiro atoms. The number of hydrogen-bond acceptors (Lipinski definition) is 4. The lowest BCUT2D eigenvalue weighted by Gasteiger charge is -2.22. The van der Waals surface area contributed by atoms with Gasteiger partial charge < -0.3 is 10.1 Å². The van der Waals surface area contributed by atoms with Gasteiger partial charge in [0.1, 0.15) is 5.75 Å². The fraction of sp³-hybridized carbons (Fsp3) is 0.133. The van der Waals surface area contributed by atoms with Crippen LogP contribution in [0.2, 0.25) is 0 Å². The molecular formula is C15H14N2O4S. The van der Waals surface area contributed by atoms with Crippen molar-refractivity contribution in [3.05, 3.63) is 48.5 Å². The fourth-order valence-corrected chi connectivity index (χ4v) is 3.38. The molecule has 0 aliphatic carbocycles. The van der Waals surface area contributed by atoms with Crippen LogP contribution in [0.1, 0.15) is 0 Å². The number of para-hydroxylation sites is 1. The maximum absolute atomic E-state index is 12.7. The predicted molar refractivity (Wildman–Crippen MR) is 82.6 cm³/mol. The lowest BCUT2D eigenvalue weighted by atomic mass is 10.2. The van der Waals surface area contributed by atoms with Crippen LogP contribution in [-0.2, 0) is 14.8 Å². The molecule has 0 saturated heterocycles. The van der Waals surface area contributed by atoms with Crippen molar-refractivity contribution in [1.82, 2.24) is 0 Å². The largest absolute Gasteiger partial charge is 0.482 e. The van der Waals surface area contributed by atoms with Crippen molar-refractivity contribution >= 4 is 27.3 Å². The standard InChI is InChI=1S/C15H14N2O4S/c1-17(11-5-3-2-4-6-11)22(19,20)12-7-8-14-13(9-12)16-15(18)10-21-14/h2-9H,10H2,1H3,(H,16,18). The molecule has 0 saturated carbocycles. The quantitative estimate of drug-likeness (QED) is 0.937. The van der Waals surface area contributed by atoms with Gasteiger partial charge in [0.25, 0.3) is 15.9 Å². The van der Waals surface area contributed by atoms with Gasteiger partial charge in [0.05, 0.1) is 16.3 Å². The van der Waals surface area contributed by atoms with E-state index in [1.807, 2.05) is 6.07 Å². The van der Waals surface area contributed by atoms with Crippen LogP contribution in [0.5, 0.6) is 5.75 Å². The van der Waals surface area contributed by atoms with E-state index in [4.69, 9.17) is 4.74 Å². The highest BCUT2D eigenvalue weighted by atomic mass is 32.2. The average Bonchev–Trinajstić information content (AvgIpc) is 2.54. The first-order chi connectivity index (χ1) is 10.5. The zero-order chi connectivity index (χ0) is 15.7. The predicted octanol–water partition coefficient (Wildman–Crippen LogP) is 1.84. The average molecular weight is 318 g/mol. The Balaban J connectivity index is 1.99. The van der Waals surface area contributed by atoms with Crippen molar-refractivity contribution in [3.63, 3.8) is 0 Å². The monoisotopic (exact) mass is 318 g/mol. The highest BCUT2D eigenvalue weighted by molar-refractivity contribution is 7.92. The number of amides is 1. The van der Waals surface area contributed by atoms with E-state index >= 15 is 0 Å². The van der Waals surface area contributed by atoms with Crippen LogP contribution in [0.15, 0.2) is 53.4 Å². The molecule has 1 N–H and O–H groups in total. The van der Waals surface area contributed by atoms with Crippen molar-refractivity contribution in [2.24, 2.45) is 0 Å². The second-order valence-electron chi connectivity index (χ2n) is 4.80. The SMILES string of the molecule is CN(c1ccccc1)S(=O)(=O)c1ccc2c(c1)NC(=O)CO2. The van der Waals surface area contributed by atoms with E-state index in [1.54, 1.807) is 30.3 Å². The Morgan fingerprint density at radius 1 is 1.14 bits per heavy atom. The fourth-order valence-electron chi connectivity index (χ4n) is 2.16. The summed E-state index contributed by atoms with van der Waals surface area (Å²) in [6.45, 7) is -0.0665. The molecule has 22 heavy (non-hydrogen) atoms. The number of fused-ring (bicyclic) bond motifs is 1. The van der Waals surface area contributed by atoms with E-state index < -0.39 is 10.0 Å². The molecule has 1 heterocycles. The number of rotatable bonds is 3. The van der Waals surface area contributed by atoms with Gasteiger partial charge in [0.2, 0.25) is 0 Å². The zero-order valence-corrected chi connectivity index (χ0v) is 12.6. The van der Waals surface area contributed by atoms with Crippen LogP contribution < -0.4 is 14.4 Å². The summed E-state index contributed by atoms with van der Waals surface area (Å²) in [6, 6.07) is 13.2. The van der Waals surface area contributed by atoms with Crippen molar-refractivity contribution in [3.8, 4) is 5.75 Å². The molecule has 2 aromatic rings. The maximum Gasteiger partial charge on any atom is 0.264 e. The van der Waals surface area contributed by atoms with E-state index in [2.05, 4.69) is 5.32 Å². The molecule has 0 unspecified atom stereocenters. The van der Waals surface area contributed by atoms with Crippen LogP contribution in [0.25, 0.3) is 0 Å². The zero-order valence-electron chi connectivity index (χ0n) is 11.8. The molecule has 0 fully saturated rings. The molecule has 1 aliphatic heterocycles. The minimum atomic E-state index is -3.72. The number of hydrogen-bond donors (Lipinski definition) is 1. The topological polar surface area (TPSA) is 75.7 Å². The van der Waals surface area contributed by atoms with Gasteiger partial charge >= 0.3 is 0 Å².